The standard InChI is InChI=1S/C4H3N2OS/c7-3-1-4(8)6-5-2-3/h1-2H,(H,6,8). The Morgan fingerprint density at radius 1 is 1.62 bits per heavy atom. The number of nitrogens with zero attached hydrogens (tertiary/aromatic N) is 2. The second-order valence-electron chi connectivity index (χ2n) is 1.25. The van der Waals surface area contributed by atoms with Gasteiger partial charge in [0.1, 0.15) is 5.03 Å². The van der Waals surface area contributed by atoms with E-state index >= 15 is 0 Å². The molecule has 0 saturated carbocycles. The maximum absolute atomic E-state index is 10.3. The molecule has 0 fully saturated rings. The quantitative estimate of drug-likeness (QED) is 0.526. The third kappa shape index (κ3) is 1.10. The van der Waals surface area contributed by atoms with Crippen LogP contribution in [0.4, 0.5) is 0 Å². The summed E-state index contributed by atoms with van der Waals surface area (Å²) in [5.41, 5.74) is 0. The van der Waals surface area contributed by atoms with E-state index in [0.29, 0.717) is 5.03 Å². The van der Waals surface area contributed by atoms with Crippen LogP contribution in [0.5, 0.6) is 5.75 Å². The highest BCUT2D eigenvalue weighted by Gasteiger charge is 1.89. The smallest absolute Gasteiger partial charge is 0.201 e. The van der Waals surface area contributed by atoms with Crippen molar-refractivity contribution in [2.75, 3.05) is 0 Å². The van der Waals surface area contributed by atoms with Gasteiger partial charge in [0.2, 0.25) is 5.75 Å². The topological polar surface area (TPSA) is 45.7 Å². The van der Waals surface area contributed by atoms with Gasteiger partial charge < -0.3 is 0 Å². The van der Waals surface area contributed by atoms with Gasteiger partial charge in [0, 0.05) is 6.07 Å². The molecule has 0 bridgehead atoms. The van der Waals surface area contributed by atoms with Gasteiger partial charge in [0.25, 0.3) is 0 Å². The molecule has 1 aromatic rings. The molecule has 8 heavy (non-hydrogen) atoms. The number of rotatable bonds is 0. The fraction of sp³-hybridized carbons (Fsp3) is 0. The Labute approximate surface area is 51.8 Å². The highest BCUT2D eigenvalue weighted by atomic mass is 32.1. The van der Waals surface area contributed by atoms with Crippen molar-refractivity contribution < 1.29 is 5.11 Å². The Balaban J connectivity index is 3.08. The van der Waals surface area contributed by atoms with Gasteiger partial charge in [0.05, 0.1) is 6.20 Å². The second-order valence-corrected chi connectivity index (χ2v) is 1.71. The van der Waals surface area contributed by atoms with Crippen molar-refractivity contribution in [3.8, 4) is 5.75 Å². The van der Waals surface area contributed by atoms with Crippen molar-refractivity contribution in [3.63, 3.8) is 0 Å². The van der Waals surface area contributed by atoms with Crippen molar-refractivity contribution >= 4 is 12.6 Å². The monoisotopic (exact) mass is 127 g/mol. The summed E-state index contributed by atoms with van der Waals surface area (Å²) in [4.78, 5) is 0. The zero-order chi connectivity index (χ0) is 5.98. The molecule has 1 radical (unpaired) electrons. The molecular formula is C4H3N2OS. The first-order valence-corrected chi connectivity index (χ1v) is 2.42. The number of thiol groups is 1. The number of hydrogen-bond acceptors (Lipinski definition) is 3. The van der Waals surface area contributed by atoms with Crippen LogP contribution in [-0.2, 0) is 5.11 Å². The van der Waals surface area contributed by atoms with E-state index < -0.39 is 0 Å². The summed E-state index contributed by atoms with van der Waals surface area (Å²) in [5.74, 6) is -0.162. The van der Waals surface area contributed by atoms with Crippen LogP contribution in [0.3, 0.4) is 0 Å². The van der Waals surface area contributed by atoms with Crippen LogP contribution in [0, 0.1) is 0 Å². The maximum atomic E-state index is 10.3. The predicted molar refractivity (Wildman–Crippen MR) is 29.4 cm³/mol. The molecule has 0 aliphatic rings. The summed E-state index contributed by atoms with van der Waals surface area (Å²) < 4.78 is 0. The molecule has 3 nitrogen and oxygen atoms in total. The van der Waals surface area contributed by atoms with Gasteiger partial charge in [-0.3, -0.25) is 5.11 Å². The highest BCUT2D eigenvalue weighted by molar-refractivity contribution is 7.80. The average Bonchev–Trinajstić information content (AvgIpc) is 1.64. The van der Waals surface area contributed by atoms with Crippen molar-refractivity contribution in [1.82, 2.24) is 10.2 Å². The lowest BCUT2D eigenvalue weighted by atomic mass is 10.5. The van der Waals surface area contributed by atoms with Gasteiger partial charge in [-0.2, -0.15) is 5.10 Å². The Bertz CT molecular complexity index is 174. The van der Waals surface area contributed by atoms with E-state index in [1.165, 1.54) is 6.07 Å². The first-order chi connectivity index (χ1) is 3.79. The molecule has 0 saturated heterocycles. The lowest BCUT2D eigenvalue weighted by Gasteiger charge is -1.83. The van der Waals surface area contributed by atoms with Gasteiger partial charge in [-0.1, -0.05) is 0 Å². The molecule has 1 rings (SSSR count). The van der Waals surface area contributed by atoms with Crippen LogP contribution in [0.1, 0.15) is 0 Å². The Hall–Kier alpha value is -0.770. The van der Waals surface area contributed by atoms with Crippen molar-refractivity contribution in [1.29, 1.82) is 0 Å². The molecule has 1 heterocycles. The van der Waals surface area contributed by atoms with E-state index in [9.17, 15) is 5.11 Å². The third-order valence-corrected chi connectivity index (χ3v) is 0.835. The molecule has 0 atom stereocenters. The molecule has 1 aromatic heterocycles. The lowest BCUT2D eigenvalue weighted by Crippen LogP contribution is -1.77. The van der Waals surface area contributed by atoms with E-state index in [1.807, 2.05) is 0 Å². The van der Waals surface area contributed by atoms with Gasteiger partial charge in [-0.15, -0.1) is 17.7 Å². The van der Waals surface area contributed by atoms with Crippen LogP contribution >= 0.6 is 12.6 Å². The van der Waals surface area contributed by atoms with E-state index in [-0.39, 0.29) is 5.75 Å². The van der Waals surface area contributed by atoms with E-state index in [2.05, 4.69) is 22.8 Å². The fourth-order valence-electron chi connectivity index (χ4n) is 0.338. The Kier molecular flexibility index (Phi) is 1.34. The summed E-state index contributed by atoms with van der Waals surface area (Å²) >= 11 is 3.78. The first kappa shape index (κ1) is 5.37. The molecule has 0 aromatic carbocycles. The largest absolute Gasteiger partial charge is 0.288 e. The number of hydrogen-bond donors (Lipinski definition) is 1. The minimum atomic E-state index is -0.162. The zero-order valence-electron chi connectivity index (χ0n) is 3.90. The lowest BCUT2D eigenvalue weighted by molar-refractivity contribution is 0.350. The Morgan fingerprint density at radius 2 is 2.38 bits per heavy atom. The van der Waals surface area contributed by atoms with Crippen LogP contribution in [0.25, 0.3) is 0 Å². The van der Waals surface area contributed by atoms with E-state index in [0.717, 1.165) is 6.20 Å². The van der Waals surface area contributed by atoms with Crippen molar-refractivity contribution in [2.45, 2.75) is 5.03 Å². The third-order valence-electron chi connectivity index (χ3n) is 0.617. The first-order valence-electron chi connectivity index (χ1n) is 1.98. The van der Waals surface area contributed by atoms with Gasteiger partial charge in [0.15, 0.2) is 0 Å². The van der Waals surface area contributed by atoms with E-state index in [4.69, 9.17) is 0 Å². The van der Waals surface area contributed by atoms with Crippen LogP contribution in [-0.4, -0.2) is 10.2 Å². The second kappa shape index (κ2) is 2.00. The van der Waals surface area contributed by atoms with Crippen molar-refractivity contribution in [3.05, 3.63) is 12.3 Å². The summed E-state index contributed by atoms with van der Waals surface area (Å²) in [6.45, 7) is 0. The minimum Gasteiger partial charge on any atom is -0.288 e. The SMILES string of the molecule is [O]c1cnnc(S)c1. The fourth-order valence-corrected chi connectivity index (χ4v) is 0.517. The summed E-state index contributed by atoms with van der Waals surface area (Å²) in [6, 6.07) is 1.30. The Morgan fingerprint density at radius 3 is 2.75 bits per heavy atom. The normalized spacial score (nSPS) is 9.12. The number of aromatic nitrogens is 2. The highest BCUT2D eigenvalue weighted by Crippen LogP contribution is 2.08. The van der Waals surface area contributed by atoms with Crippen LogP contribution < -0.4 is 0 Å². The molecule has 0 spiro atoms. The molecule has 41 valence electrons. The summed E-state index contributed by atoms with van der Waals surface area (Å²) in [5, 5.41) is 17.5. The van der Waals surface area contributed by atoms with Gasteiger partial charge in [-0.25, -0.2) is 0 Å². The minimum absolute atomic E-state index is 0.162. The molecule has 4 heteroatoms. The molecular weight excluding hydrogens is 124 g/mol. The molecule has 0 amide bonds. The van der Waals surface area contributed by atoms with Gasteiger partial charge in [-0.05, 0) is 0 Å². The zero-order valence-corrected chi connectivity index (χ0v) is 4.80. The van der Waals surface area contributed by atoms with Crippen LogP contribution in [0.15, 0.2) is 17.3 Å². The molecule has 0 aliphatic heterocycles. The maximum Gasteiger partial charge on any atom is 0.201 e. The molecule has 0 unspecified atom stereocenters. The molecule has 0 N–H and O–H groups in total. The van der Waals surface area contributed by atoms with E-state index in [1.54, 1.807) is 0 Å². The van der Waals surface area contributed by atoms with Crippen molar-refractivity contribution in [2.24, 2.45) is 0 Å². The van der Waals surface area contributed by atoms with Crippen LogP contribution in [0.2, 0.25) is 0 Å². The summed E-state index contributed by atoms with van der Waals surface area (Å²) in [6.07, 6.45) is 1.14. The van der Waals surface area contributed by atoms with Gasteiger partial charge >= 0.3 is 0 Å². The molecule has 0 aliphatic carbocycles. The average molecular weight is 127 g/mol. The summed E-state index contributed by atoms with van der Waals surface area (Å²) in [7, 11) is 0. The predicted octanol–water partition coefficient (Wildman–Crippen LogP) is 0.909.